The van der Waals surface area contributed by atoms with Crippen molar-refractivity contribution < 1.29 is 9.32 Å². The van der Waals surface area contributed by atoms with Crippen LogP contribution < -0.4 is 5.32 Å². The van der Waals surface area contributed by atoms with Crippen LogP contribution in [0.25, 0.3) is 11.3 Å². The van der Waals surface area contributed by atoms with Crippen LogP contribution in [0.2, 0.25) is 0 Å². The first kappa shape index (κ1) is 16.0. The van der Waals surface area contributed by atoms with E-state index in [4.69, 9.17) is 4.52 Å². The second-order valence-electron chi connectivity index (χ2n) is 5.31. The van der Waals surface area contributed by atoms with Gasteiger partial charge in [-0.25, -0.2) is 4.79 Å². The number of nitrogens with one attached hydrogen (secondary N) is 1. The molecular weight excluding hydrogens is 282 g/mol. The van der Waals surface area contributed by atoms with Crippen molar-refractivity contribution in [3.8, 4) is 11.3 Å². The normalized spacial score (nSPS) is 10.7. The van der Waals surface area contributed by atoms with E-state index in [1.54, 1.807) is 24.3 Å². The second kappa shape index (κ2) is 7.56. The first-order chi connectivity index (χ1) is 10.6. The molecule has 0 aliphatic heterocycles. The highest BCUT2D eigenvalue weighted by atomic mass is 16.5. The molecule has 0 fully saturated rings. The van der Waals surface area contributed by atoms with Crippen LogP contribution in [-0.4, -0.2) is 60.2 Å². The lowest BCUT2D eigenvalue weighted by Gasteiger charge is -2.17. The van der Waals surface area contributed by atoms with Gasteiger partial charge in [-0.05, 0) is 26.2 Å². The third kappa shape index (κ3) is 4.56. The van der Waals surface area contributed by atoms with Crippen LogP contribution in [0.3, 0.4) is 0 Å². The fourth-order valence-corrected chi connectivity index (χ4v) is 1.87. The Morgan fingerprint density at radius 3 is 2.68 bits per heavy atom. The number of nitrogens with zero attached hydrogens (tertiary/aromatic N) is 4. The zero-order chi connectivity index (χ0) is 15.9. The van der Waals surface area contributed by atoms with Gasteiger partial charge in [-0.3, -0.25) is 4.98 Å². The predicted octanol–water partition coefficient (Wildman–Crippen LogP) is 1.44. The minimum atomic E-state index is -0.135. The van der Waals surface area contributed by atoms with E-state index in [0.717, 1.165) is 17.8 Å². The van der Waals surface area contributed by atoms with Crippen LogP contribution >= 0.6 is 0 Å². The molecule has 0 aliphatic rings. The van der Waals surface area contributed by atoms with E-state index in [1.165, 1.54) is 0 Å². The molecule has 0 spiro atoms. The van der Waals surface area contributed by atoms with Crippen molar-refractivity contribution in [2.75, 3.05) is 34.2 Å². The Labute approximate surface area is 129 Å². The summed E-state index contributed by atoms with van der Waals surface area (Å²) in [5.74, 6) is 0.636. The average molecular weight is 303 g/mol. The van der Waals surface area contributed by atoms with Crippen molar-refractivity contribution in [1.29, 1.82) is 0 Å². The number of likely N-dealkylation sites (N-methyl/N-ethyl adjacent to an activating group) is 1. The van der Waals surface area contributed by atoms with Gasteiger partial charge in [0.15, 0.2) is 5.76 Å². The molecule has 2 heterocycles. The van der Waals surface area contributed by atoms with E-state index in [9.17, 15) is 4.79 Å². The lowest BCUT2D eigenvalue weighted by Crippen LogP contribution is -2.39. The Hall–Kier alpha value is -2.41. The van der Waals surface area contributed by atoms with Crippen molar-refractivity contribution in [2.45, 2.75) is 6.54 Å². The van der Waals surface area contributed by atoms with Gasteiger partial charge in [-0.2, -0.15) is 0 Å². The van der Waals surface area contributed by atoms with Crippen molar-refractivity contribution >= 4 is 6.03 Å². The Bertz CT molecular complexity index is 597. The monoisotopic (exact) mass is 303 g/mol. The SMILES string of the molecule is CN(C)CCNC(=O)N(C)Cc1cc(-c2ccncc2)no1. The van der Waals surface area contributed by atoms with Gasteiger partial charge in [-0.1, -0.05) is 5.16 Å². The largest absolute Gasteiger partial charge is 0.359 e. The molecule has 0 saturated carbocycles. The summed E-state index contributed by atoms with van der Waals surface area (Å²) in [6.07, 6.45) is 3.40. The summed E-state index contributed by atoms with van der Waals surface area (Å²) >= 11 is 0. The highest BCUT2D eigenvalue weighted by molar-refractivity contribution is 5.73. The summed E-state index contributed by atoms with van der Waals surface area (Å²) in [6, 6.07) is 5.42. The molecular formula is C15H21N5O2. The van der Waals surface area contributed by atoms with E-state index < -0.39 is 0 Å². The average Bonchev–Trinajstić information content (AvgIpc) is 2.96. The molecule has 0 radical (unpaired) electrons. The van der Waals surface area contributed by atoms with Crippen LogP contribution in [-0.2, 0) is 6.54 Å². The number of hydrogen-bond donors (Lipinski definition) is 1. The van der Waals surface area contributed by atoms with Gasteiger partial charge in [0.2, 0.25) is 0 Å². The molecule has 2 rings (SSSR count). The Balaban J connectivity index is 1.88. The van der Waals surface area contributed by atoms with Gasteiger partial charge in [0, 0.05) is 44.2 Å². The van der Waals surface area contributed by atoms with Crippen LogP contribution in [0.5, 0.6) is 0 Å². The van der Waals surface area contributed by atoms with E-state index >= 15 is 0 Å². The third-order valence-electron chi connectivity index (χ3n) is 3.11. The number of carbonyl (C=O) groups excluding carboxylic acids is 1. The fourth-order valence-electron chi connectivity index (χ4n) is 1.87. The second-order valence-corrected chi connectivity index (χ2v) is 5.31. The van der Waals surface area contributed by atoms with Crippen molar-refractivity contribution in [3.05, 3.63) is 36.4 Å². The maximum atomic E-state index is 11.9. The Morgan fingerprint density at radius 1 is 1.27 bits per heavy atom. The number of hydrogen-bond acceptors (Lipinski definition) is 5. The molecule has 0 aliphatic carbocycles. The lowest BCUT2D eigenvalue weighted by molar-refractivity contribution is 0.199. The smallest absolute Gasteiger partial charge is 0.317 e. The fraction of sp³-hybridized carbons (Fsp3) is 0.400. The molecule has 1 N–H and O–H groups in total. The first-order valence-corrected chi connectivity index (χ1v) is 7.06. The summed E-state index contributed by atoms with van der Waals surface area (Å²) in [6.45, 7) is 1.77. The molecule has 0 unspecified atom stereocenters. The number of aromatic nitrogens is 2. The van der Waals surface area contributed by atoms with Crippen LogP contribution in [0, 0.1) is 0 Å². The van der Waals surface area contributed by atoms with E-state index in [-0.39, 0.29) is 6.03 Å². The van der Waals surface area contributed by atoms with Crippen molar-refractivity contribution in [2.24, 2.45) is 0 Å². The van der Waals surface area contributed by atoms with Gasteiger partial charge in [0.05, 0.1) is 6.54 Å². The number of urea groups is 1. The molecule has 0 aromatic carbocycles. The van der Waals surface area contributed by atoms with Gasteiger partial charge in [0.1, 0.15) is 5.69 Å². The number of pyridine rings is 1. The van der Waals surface area contributed by atoms with Crippen LogP contribution in [0.4, 0.5) is 4.79 Å². The lowest BCUT2D eigenvalue weighted by atomic mass is 10.2. The molecule has 2 amide bonds. The number of carbonyl (C=O) groups is 1. The van der Waals surface area contributed by atoms with Crippen LogP contribution in [0.15, 0.2) is 35.1 Å². The number of amides is 2. The van der Waals surface area contributed by atoms with Gasteiger partial charge < -0.3 is 19.6 Å². The predicted molar refractivity (Wildman–Crippen MR) is 83.2 cm³/mol. The Morgan fingerprint density at radius 2 is 2.00 bits per heavy atom. The molecule has 2 aromatic heterocycles. The standard InChI is InChI=1S/C15H21N5O2/c1-19(2)9-8-17-15(21)20(3)11-13-10-14(18-22-13)12-4-6-16-7-5-12/h4-7,10H,8-9,11H2,1-3H3,(H,17,21). The molecule has 2 aromatic rings. The zero-order valence-corrected chi connectivity index (χ0v) is 13.1. The van der Waals surface area contributed by atoms with Crippen molar-refractivity contribution in [3.63, 3.8) is 0 Å². The topological polar surface area (TPSA) is 74.5 Å². The minimum Gasteiger partial charge on any atom is -0.359 e. The molecule has 22 heavy (non-hydrogen) atoms. The van der Waals surface area contributed by atoms with Gasteiger partial charge in [-0.15, -0.1) is 0 Å². The molecule has 0 bridgehead atoms. The van der Waals surface area contributed by atoms with Gasteiger partial charge >= 0.3 is 6.03 Å². The molecule has 0 atom stereocenters. The number of rotatable bonds is 6. The summed E-state index contributed by atoms with van der Waals surface area (Å²) in [5.41, 5.74) is 1.67. The van der Waals surface area contributed by atoms with E-state index in [1.807, 2.05) is 37.2 Å². The maximum absolute atomic E-state index is 11.9. The van der Waals surface area contributed by atoms with Crippen molar-refractivity contribution in [1.82, 2.24) is 25.3 Å². The third-order valence-corrected chi connectivity index (χ3v) is 3.11. The zero-order valence-electron chi connectivity index (χ0n) is 13.1. The summed E-state index contributed by atoms with van der Waals surface area (Å²) in [7, 11) is 5.65. The van der Waals surface area contributed by atoms with E-state index in [0.29, 0.717) is 18.8 Å². The summed E-state index contributed by atoms with van der Waals surface area (Å²) in [4.78, 5) is 19.5. The molecule has 0 saturated heterocycles. The quantitative estimate of drug-likeness (QED) is 0.874. The summed E-state index contributed by atoms with van der Waals surface area (Å²) < 4.78 is 5.28. The molecule has 118 valence electrons. The minimum absolute atomic E-state index is 0.135. The first-order valence-electron chi connectivity index (χ1n) is 7.06. The molecule has 7 nitrogen and oxygen atoms in total. The van der Waals surface area contributed by atoms with E-state index in [2.05, 4.69) is 15.5 Å². The maximum Gasteiger partial charge on any atom is 0.317 e. The highest BCUT2D eigenvalue weighted by Gasteiger charge is 2.12. The van der Waals surface area contributed by atoms with Gasteiger partial charge in [0.25, 0.3) is 0 Å². The molecule has 7 heteroatoms. The van der Waals surface area contributed by atoms with Crippen LogP contribution in [0.1, 0.15) is 5.76 Å². The summed E-state index contributed by atoms with van der Waals surface area (Å²) in [5, 5.41) is 6.86. The highest BCUT2D eigenvalue weighted by Crippen LogP contribution is 2.18. The Kier molecular flexibility index (Phi) is 5.48.